The van der Waals surface area contributed by atoms with E-state index in [1.54, 1.807) is 0 Å². The molecule has 0 aromatic heterocycles. The molecule has 1 heterocycles. The van der Waals surface area contributed by atoms with Crippen molar-refractivity contribution in [1.82, 2.24) is 11.1 Å². The van der Waals surface area contributed by atoms with E-state index in [0.29, 0.717) is 0 Å². The molecule has 3 N–H and O–H groups in total. The highest BCUT2D eigenvalue weighted by atomic mass is 16.1. The molecule has 0 saturated carbocycles. The summed E-state index contributed by atoms with van der Waals surface area (Å²) in [6.45, 7) is 1.95. The summed E-state index contributed by atoms with van der Waals surface area (Å²) in [5.41, 5.74) is 0. The summed E-state index contributed by atoms with van der Waals surface area (Å²) in [6, 6.07) is 0. The van der Waals surface area contributed by atoms with Crippen LogP contribution in [0.1, 0.15) is 25.7 Å². The first kappa shape index (κ1) is 9.43. The van der Waals surface area contributed by atoms with Crippen molar-refractivity contribution < 1.29 is 4.79 Å². The van der Waals surface area contributed by atoms with Crippen LogP contribution in [-0.4, -0.2) is 24.4 Å². The third kappa shape index (κ3) is 2.82. The smallest absolute Gasteiger partial charge is 0.209 e. The van der Waals surface area contributed by atoms with Crippen LogP contribution < -0.4 is 6.15 Å². The number of carbonyl (C=O) groups is 1. The molecule has 10 heavy (non-hydrogen) atoms. The SMILES string of the molecule is N.O=CN1CCCCCC1. The monoisotopic (exact) mass is 144 g/mol. The molecule has 1 fully saturated rings. The minimum atomic E-state index is 0. The van der Waals surface area contributed by atoms with E-state index < -0.39 is 0 Å². The fourth-order valence-corrected chi connectivity index (χ4v) is 1.20. The Kier molecular flexibility index (Phi) is 4.94. The number of nitrogens with zero attached hydrogens (tertiary/aromatic N) is 1. The number of amides is 1. The summed E-state index contributed by atoms with van der Waals surface area (Å²) in [5, 5.41) is 0. The Morgan fingerprint density at radius 3 is 1.90 bits per heavy atom. The molecule has 1 rings (SSSR count). The lowest BCUT2D eigenvalue weighted by Gasteiger charge is -2.11. The lowest BCUT2D eigenvalue weighted by atomic mass is 10.2. The minimum absolute atomic E-state index is 0. The Balaban J connectivity index is 0.000000810. The third-order valence-corrected chi connectivity index (χ3v) is 1.79. The molecule has 0 atom stereocenters. The van der Waals surface area contributed by atoms with E-state index in [9.17, 15) is 4.79 Å². The van der Waals surface area contributed by atoms with Crippen molar-refractivity contribution in [3.05, 3.63) is 0 Å². The molecule has 0 radical (unpaired) electrons. The van der Waals surface area contributed by atoms with Gasteiger partial charge in [0.1, 0.15) is 0 Å². The Morgan fingerprint density at radius 1 is 1.00 bits per heavy atom. The van der Waals surface area contributed by atoms with Crippen LogP contribution >= 0.6 is 0 Å². The Bertz CT molecular complexity index is 87.6. The van der Waals surface area contributed by atoms with Gasteiger partial charge >= 0.3 is 0 Å². The first-order valence-corrected chi connectivity index (χ1v) is 3.63. The fraction of sp³-hybridized carbons (Fsp3) is 0.857. The summed E-state index contributed by atoms with van der Waals surface area (Å²) in [5.74, 6) is 0. The van der Waals surface area contributed by atoms with Gasteiger partial charge in [-0.3, -0.25) is 4.79 Å². The predicted octanol–water partition coefficient (Wildman–Crippen LogP) is 1.18. The van der Waals surface area contributed by atoms with Crippen LogP contribution in [0.2, 0.25) is 0 Å². The van der Waals surface area contributed by atoms with E-state index in [-0.39, 0.29) is 6.15 Å². The van der Waals surface area contributed by atoms with Gasteiger partial charge in [-0.25, -0.2) is 0 Å². The number of likely N-dealkylation sites (tertiary alicyclic amines) is 1. The van der Waals surface area contributed by atoms with Gasteiger partial charge in [0, 0.05) is 13.1 Å². The lowest BCUT2D eigenvalue weighted by Crippen LogP contribution is -2.22. The molecule has 0 aliphatic carbocycles. The summed E-state index contributed by atoms with van der Waals surface area (Å²) < 4.78 is 0. The zero-order valence-corrected chi connectivity index (χ0v) is 6.38. The normalized spacial score (nSPS) is 19.0. The molecular weight excluding hydrogens is 128 g/mol. The molecule has 3 heteroatoms. The topological polar surface area (TPSA) is 55.3 Å². The number of carbonyl (C=O) groups excluding carboxylic acids is 1. The molecule has 0 unspecified atom stereocenters. The van der Waals surface area contributed by atoms with Crippen molar-refractivity contribution in [2.45, 2.75) is 25.7 Å². The lowest BCUT2D eigenvalue weighted by molar-refractivity contribution is -0.118. The Hall–Kier alpha value is -0.570. The van der Waals surface area contributed by atoms with Crippen molar-refractivity contribution in [3.8, 4) is 0 Å². The zero-order chi connectivity index (χ0) is 6.53. The van der Waals surface area contributed by atoms with E-state index in [2.05, 4.69) is 0 Å². The second-order valence-electron chi connectivity index (χ2n) is 2.56. The van der Waals surface area contributed by atoms with E-state index in [4.69, 9.17) is 0 Å². The van der Waals surface area contributed by atoms with Gasteiger partial charge in [0.05, 0.1) is 0 Å². The average Bonchev–Trinajstić information content (AvgIpc) is 2.13. The molecule has 0 spiro atoms. The molecular formula is C7H16N2O. The third-order valence-electron chi connectivity index (χ3n) is 1.79. The molecule has 1 saturated heterocycles. The Labute approximate surface area is 62.0 Å². The molecule has 3 nitrogen and oxygen atoms in total. The maximum absolute atomic E-state index is 10.2. The van der Waals surface area contributed by atoms with Crippen LogP contribution in [0, 0.1) is 0 Å². The van der Waals surface area contributed by atoms with E-state index in [1.165, 1.54) is 25.7 Å². The minimum Gasteiger partial charge on any atom is -0.345 e. The van der Waals surface area contributed by atoms with Gasteiger partial charge in [0.2, 0.25) is 6.41 Å². The summed E-state index contributed by atoms with van der Waals surface area (Å²) in [6.07, 6.45) is 5.94. The number of hydrogen-bond donors (Lipinski definition) is 1. The van der Waals surface area contributed by atoms with Crippen LogP contribution in [0.5, 0.6) is 0 Å². The maximum atomic E-state index is 10.2. The van der Waals surface area contributed by atoms with Crippen molar-refractivity contribution in [3.63, 3.8) is 0 Å². The van der Waals surface area contributed by atoms with Crippen LogP contribution in [0.3, 0.4) is 0 Å². The maximum Gasteiger partial charge on any atom is 0.209 e. The molecule has 1 aliphatic rings. The van der Waals surface area contributed by atoms with Crippen LogP contribution in [-0.2, 0) is 4.79 Å². The van der Waals surface area contributed by atoms with Crippen LogP contribution in [0.4, 0.5) is 0 Å². The molecule has 1 aliphatic heterocycles. The standard InChI is InChI=1S/C7H13NO.H3N/c9-7-8-5-3-1-2-4-6-8;/h7H,1-6H2;1H3. The van der Waals surface area contributed by atoms with Gasteiger partial charge in [-0.05, 0) is 12.8 Å². The van der Waals surface area contributed by atoms with E-state index >= 15 is 0 Å². The van der Waals surface area contributed by atoms with Crippen LogP contribution in [0.25, 0.3) is 0 Å². The van der Waals surface area contributed by atoms with Gasteiger partial charge in [0.25, 0.3) is 0 Å². The summed E-state index contributed by atoms with van der Waals surface area (Å²) >= 11 is 0. The molecule has 0 aromatic rings. The van der Waals surface area contributed by atoms with Gasteiger partial charge in [-0.1, -0.05) is 12.8 Å². The second kappa shape index (κ2) is 5.23. The molecule has 60 valence electrons. The Morgan fingerprint density at radius 2 is 1.50 bits per heavy atom. The van der Waals surface area contributed by atoms with Gasteiger partial charge in [0.15, 0.2) is 0 Å². The quantitative estimate of drug-likeness (QED) is 0.562. The highest BCUT2D eigenvalue weighted by Crippen LogP contribution is 2.06. The fourth-order valence-electron chi connectivity index (χ4n) is 1.20. The van der Waals surface area contributed by atoms with Crippen molar-refractivity contribution in [1.29, 1.82) is 0 Å². The number of rotatable bonds is 1. The first-order valence-electron chi connectivity index (χ1n) is 3.63. The van der Waals surface area contributed by atoms with Crippen molar-refractivity contribution in [2.24, 2.45) is 0 Å². The zero-order valence-electron chi connectivity index (χ0n) is 6.38. The van der Waals surface area contributed by atoms with Crippen LogP contribution in [0.15, 0.2) is 0 Å². The second-order valence-corrected chi connectivity index (χ2v) is 2.56. The predicted molar refractivity (Wildman–Crippen MR) is 41.1 cm³/mol. The summed E-state index contributed by atoms with van der Waals surface area (Å²) in [4.78, 5) is 12.1. The highest BCUT2D eigenvalue weighted by Gasteiger charge is 2.04. The number of hydrogen-bond acceptors (Lipinski definition) is 2. The van der Waals surface area contributed by atoms with Crippen molar-refractivity contribution >= 4 is 6.41 Å². The van der Waals surface area contributed by atoms with E-state index in [1.807, 2.05) is 4.90 Å². The van der Waals surface area contributed by atoms with Gasteiger partial charge < -0.3 is 11.1 Å². The molecule has 1 amide bonds. The summed E-state index contributed by atoms with van der Waals surface area (Å²) in [7, 11) is 0. The molecule has 0 aromatic carbocycles. The van der Waals surface area contributed by atoms with Gasteiger partial charge in [-0.2, -0.15) is 0 Å². The highest BCUT2D eigenvalue weighted by molar-refractivity contribution is 5.46. The first-order chi connectivity index (χ1) is 4.43. The van der Waals surface area contributed by atoms with E-state index in [0.717, 1.165) is 19.5 Å². The van der Waals surface area contributed by atoms with Gasteiger partial charge in [-0.15, -0.1) is 0 Å². The largest absolute Gasteiger partial charge is 0.345 e. The molecule has 0 bridgehead atoms. The average molecular weight is 144 g/mol. The van der Waals surface area contributed by atoms with Crippen molar-refractivity contribution in [2.75, 3.05) is 13.1 Å².